The van der Waals surface area contributed by atoms with Crippen molar-refractivity contribution in [1.29, 1.82) is 5.26 Å². The fourth-order valence-electron chi connectivity index (χ4n) is 8.10. The van der Waals surface area contributed by atoms with Crippen molar-refractivity contribution in [1.82, 2.24) is 19.6 Å². The molecule has 276 valence electrons. The summed E-state index contributed by atoms with van der Waals surface area (Å²) in [4.78, 5) is 32.4. The summed E-state index contributed by atoms with van der Waals surface area (Å²) < 4.78 is 9.35. The molecule has 54 heavy (non-hydrogen) atoms. The zero-order valence-electron chi connectivity index (χ0n) is 31.1. The van der Waals surface area contributed by atoms with E-state index in [1.54, 1.807) is 35.2 Å². The highest BCUT2D eigenvalue weighted by Crippen LogP contribution is 2.40. The smallest absolute Gasteiger partial charge is 0.273 e. The number of halogens is 2. The van der Waals surface area contributed by atoms with Crippen LogP contribution in [-0.4, -0.2) is 58.9 Å². The van der Waals surface area contributed by atoms with Gasteiger partial charge in [-0.15, -0.1) is 0 Å². The van der Waals surface area contributed by atoms with Gasteiger partial charge in [-0.05, 0) is 65.2 Å². The zero-order valence-corrected chi connectivity index (χ0v) is 33.6. The Bertz CT molecular complexity index is 2190. The number of amides is 2. The summed E-state index contributed by atoms with van der Waals surface area (Å²) in [5, 5.41) is 17.4. The SMILES string of the molecule is CC(c1ccc(C#N)cc1)N1C[C@@H](CO[Si](c2ccccc2)(c2ccccc2)C(C)(C)C)n2nc3c(c2C1=O)CN(C(=O)c1ccc(Cl)c(Cl)c1)[C@H](C)C3. The van der Waals surface area contributed by atoms with Crippen LogP contribution in [0.1, 0.15) is 89.9 Å². The number of aromatic nitrogens is 2. The standard InChI is InChI=1S/C43H43Cl2N5O3Si/c1-28-22-39-36(26-48(28)41(51)32-20-21-37(44)38(45)23-32)40-42(52)49(29(2)31-18-16-30(24-46)17-19-31)25-33(50(40)47-39)27-53-54(43(3,4)5,34-12-8-6-9-13-34)35-14-10-7-11-15-35/h6-21,23,28-29,33H,22,25-27H2,1-5H3/t28-,29?,33+/m1/s1. The maximum Gasteiger partial charge on any atom is 0.273 e. The Morgan fingerprint density at radius 2 is 1.59 bits per heavy atom. The minimum atomic E-state index is -2.94. The van der Waals surface area contributed by atoms with E-state index in [1.165, 1.54) is 10.4 Å². The molecular weight excluding hydrogens is 733 g/mol. The molecule has 2 amide bonds. The highest BCUT2D eigenvalue weighted by molar-refractivity contribution is 6.99. The van der Waals surface area contributed by atoms with Crippen LogP contribution in [0.4, 0.5) is 0 Å². The predicted octanol–water partition coefficient (Wildman–Crippen LogP) is 7.98. The number of nitriles is 1. The number of benzene rings is 4. The molecule has 8 nitrogen and oxygen atoms in total. The maximum absolute atomic E-state index is 14.8. The van der Waals surface area contributed by atoms with E-state index in [-0.39, 0.29) is 41.5 Å². The molecule has 0 N–H and O–H groups in total. The van der Waals surface area contributed by atoms with Crippen LogP contribution >= 0.6 is 23.2 Å². The predicted molar refractivity (Wildman–Crippen MR) is 215 cm³/mol. The van der Waals surface area contributed by atoms with Crippen LogP contribution in [0.25, 0.3) is 0 Å². The topological polar surface area (TPSA) is 91.5 Å². The highest BCUT2D eigenvalue weighted by Gasteiger charge is 2.51. The van der Waals surface area contributed by atoms with Crippen LogP contribution in [0.5, 0.6) is 0 Å². The second-order valence-corrected chi connectivity index (χ2v) is 20.4. The molecule has 1 unspecified atom stereocenters. The van der Waals surface area contributed by atoms with E-state index >= 15 is 0 Å². The molecule has 3 atom stereocenters. The van der Waals surface area contributed by atoms with Gasteiger partial charge in [-0.25, -0.2) is 0 Å². The summed E-state index contributed by atoms with van der Waals surface area (Å²) in [5.74, 6) is -0.344. The number of carbonyl (C=O) groups is 2. The number of rotatable bonds is 8. The zero-order chi connectivity index (χ0) is 38.4. The Balaban J connectivity index is 1.31. The Labute approximate surface area is 328 Å². The van der Waals surface area contributed by atoms with Crippen LogP contribution in [0, 0.1) is 11.3 Å². The molecule has 0 radical (unpaired) electrons. The van der Waals surface area contributed by atoms with Crippen molar-refractivity contribution < 1.29 is 14.0 Å². The molecule has 0 spiro atoms. The molecule has 0 saturated heterocycles. The summed E-state index contributed by atoms with van der Waals surface area (Å²) in [6, 6.07) is 34.7. The Morgan fingerprint density at radius 3 is 2.17 bits per heavy atom. The van der Waals surface area contributed by atoms with Crippen molar-refractivity contribution in [2.24, 2.45) is 0 Å². The first-order valence-corrected chi connectivity index (χ1v) is 20.9. The first-order valence-electron chi connectivity index (χ1n) is 18.3. The van der Waals surface area contributed by atoms with Gasteiger partial charge in [-0.1, -0.05) is 117 Å². The normalized spacial score (nSPS) is 17.8. The van der Waals surface area contributed by atoms with Crippen LogP contribution < -0.4 is 10.4 Å². The molecule has 1 aromatic heterocycles. The van der Waals surface area contributed by atoms with Gasteiger partial charge in [0.15, 0.2) is 0 Å². The van der Waals surface area contributed by atoms with Crippen molar-refractivity contribution in [2.75, 3.05) is 13.2 Å². The van der Waals surface area contributed by atoms with E-state index in [2.05, 4.69) is 75.4 Å². The van der Waals surface area contributed by atoms with Crippen molar-refractivity contribution in [2.45, 2.75) is 70.7 Å². The van der Waals surface area contributed by atoms with Crippen molar-refractivity contribution in [3.8, 4) is 6.07 Å². The lowest BCUT2D eigenvalue weighted by Gasteiger charge is -2.45. The van der Waals surface area contributed by atoms with Gasteiger partial charge in [0.1, 0.15) is 5.69 Å². The summed E-state index contributed by atoms with van der Waals surface area (Å²) in [7, 11) is -2.94. The largest absolute Gasteiger partial charge is 0.405 e. The van der Waals surface area contributed by atoms with Crippen molar-refractivity contribution >= 4 is 53.7 Å². The number of carbonyl (C=O) groups excluding carboxylic acids is 2. The second kappa shape index (κ2) is 14.8. The molecule has 7 rings (SSSR count). The van der Waals surface area contributed by atoms with E-state index < -0.39 is 8.32 Å². The molecule has 11 heteroatoms. The van der Waals surface area contributed by atoms with E-state index in [1.807, 2.05) is 47.7 Å². The fraction of sp³-hybridized carbons (Fsp3) is 0.302. The molecular formula is C43H43Cl2N5O3Si. The average Bonchev–Trinajstić information content (AvgIpc) is 3.55. The van der Waals surface area contributed by atoms with Crippen LogP contribution in [0.2, 0.25) is 15.1 Å². The van der Waals surface area contributed by atoms with Gasteiger partial charge >= 0.3 is 0 Å². The summed E-state index contributed by atoms with van der Waals surface area (Å²) >= 11 is 12.5. The quantitative estimate of drug-likeness (QED) is 0.149. The van der Waals surface area contributed by atoms with E-state index in [0.29, 0.717) is 46.4 Å². The Morgan fingerprint density at radius 1 is 0.963 bits per heavy atom. The second-order valence-electron chi connectivity index (χ2n) is 15.3. The third-order valence-electron chi connectivity index (χ3n) is 11.0. The van der Waals surface area contributed by atoms with E-state index in [4.69, 9.17) is 32.7 Å². The fourth-order valence-corrected chi connectivity index (χ4v) is 13.0. The van der Waals surface area contributed by atoms with E-state index in [9.17, 15) is 14.9 Å². The first kappa shape index (κ1) is 37.6. The van der Waals surface area contributed by atoms with Crippen LogP contribution in [0.15, 0.2) is 103 Å². The number of hydrogen-bond donors (Lipinski definition) is 0. The monoisotopic (exact) mass is 775 g/mol. The molecule has 0 bridgehead atoms. The molecule has 2 aliphatic rings. The third-order valence-corrected chi connectivity index (χ3v) is 16.7. The third kappa shape index (κ3) is 6.66. The molecule has 0 saturated carbocycles. The minimum absolute atomic E-state index is 0.154. The molecule has 2 aliphatic heterocycles. The van der Waals surface area contributed by atoms with Gasteiger partial charge in [-0.3, -0.25) is 14.3 Å². The van der Waals surface area contributed by atoms with Gasteiger partial charge in [0, 0.05) is 30.1 Å². The van der Waals surface area contributed by atoms with E-state index in [0.717, 1.165) is 16.8 Å². The first-order chi connectivity index (χ1) is 25.8. The van der Waals surface area contributed by atoms with Crippen LogP contribution in [-0.2, 0) is 17.4 Å². The van der Waals surface area contributed by atoms with Gasteiger partial charge in [0.2, 0.25) is 0 Å². The average molecular weight is 777 g/mol. The lowest BCUT2D eigenvalue weighted by atomic mass is 9.96. The van der Waals surface area contributed by atoms with Gasteiger partial charge in [0.25, 0.3) is 20.1 Å². The minimum Gasteiger partial charge on any atom is -0.405 e. The molecule has 0 fully saturated rings. The Hall–Kier alpha value is -4.72. The summed E-state index contributed by atoms with van der Waals surface area (Å²) in [6.07, 6.45) is 0.489. The molecule has 4 aromatic carbocycles. The number of hydrogen-bond acceptors (Lipinski definition) is 5. The van der Waals surface area contributed by atoms with Crippen LogP contribution in [0.3, 0.4) is 0 Å². The van der Waals surface area contributed by atoms with Gasteiger partial charge < -0.3 is 14.2 Å². The number of nitrogens with zero attached hydrogens (tertiary/aromatic N) is 5. The van der Waals surface area contributed by atoms with Gasteiger partial charge in [-0.2, -0.15) is 10.4 Å². The molecule has 3 heterocycles. The van der Waals surface area contributed by atoms with Crippen molar-refractivity contribution in [3.63, 3.8) is 0 Å². The molecule has 0 aliphatic carbocycles. The number of fused-ring (bicyclic) bond motifs is 3. The lowest BCUT2D eigenvalue weighted by Crippen LogP contribution is -2.67. The lowest BCUT2D eigenvalue weighted by molar-refractivity contribution is 0.0521. The summed E-state index contributed by atoms with van der Waals surface area (Å²) in [5.41, 5.74) is 3.94. The maximum atomic E-state index is 14.8. The van der Waals surface area contributed by atoms with Crippen molar-refractivity contribution in [3.05, 3.63) is 147 Å². The Kier molecular flexibility index (Phi) is 10.3. The van der Waals surface area contributed by atoms with Gasteiger partial charge in [0.05, 0.1) is 52.6 Å². The highest BCUT2D eigenvalue weighted by atomic mass is 35.5. The summed E-state index contributed by atoms with van der Waals surface area (Å²) in [6.45, 7) is 11.7. The molecule has 5 aromatic rings.